The molecule has 0 aliphatic carbocycles. The summed E-state index contributed by atoms with van der Waals surface area (Å²) < 4.78 is 0. The van der Waals surface area contributed by atoms with Gasteiger partial charge in [0.05, 0.1) is 12.6 Å². The molecule has 3 nitrogen and oxygen atoms in total. The Hall–Kier alpha value is -0.600. The minimum Gasteiger partial charge on any atom is -0.274 e. The number of hydrogen-bond donors (Lipinski definition) is 0. The Balaban J connectivity index is 2.37. The lowest BCUT2D eigenvalue weighted by molar-refractivity contribution is 0.249. The third-order valence-electron chi connectivity index (χ3n) is 1.79. The van der Waals surface area contributed by atoms with E-state index < -0.39 is 0 Å². The Kier molecular flexibility index (Phi) is 2.25. The van der Waals surface area contributed by atoms with Crippen LogP contribution in [0, 0.1) is 0 Å². The van der Waals surface area contributed by atoms with Crippen molar-refractivity contribution in [3.8, 4) is 0 Å². The molecule has 0 amide bonds. The normalized spacial score (nSPS) is 24.8. The average molecular weight is 141 g/mol. The molecule has 0 saturated heterocycles. The van der Waals surface area contributed by atoms with E-state index in [1.165, 1.54) is 0 Å². The van der Waals surface area contributed by atoms with Crippen molar-refractivity contribution in [3.63, 3.8) is 0 Å². The fourth-order valence-corrected chi connectivity index (χ4v) is 0.953. The molecule has 0 aromatic rings. The van der Waals surface area contributed by atoms with Crippen LogP contribution in [0.2, 0.25) is 0 Å². The van der Waals surface area contributed by atoms with Gasteiger partial charge in [-0.3, -0.25) is 5.01 Å². The largest absolute Gasteiger partial charge is 0.274 e. The summed E-state index contributed by atoms with van der Waals surface area (Å²) in [4.78, 5) is 0. The molecule has 0 aromatic heterocycles. The third-order valence-corrected chi connectivity index (χ3v) is 1.79. The topological polar surface area (TPSA) is 28.0 Å². The summed E-state index contributed by atoms with van der Waals surface area (Å²) in [5.41, 5.74) is 0. The van der Waals surface area contributed by atoms with Gasteiger partial charge in [0.2, 0.25) is 0 Å². The van der Waals surface area contributed by atoms with E-state index in [4.69, 9.17) is 0 Å². The van der Waals surface area contributed by atoms with E-state index in [0.29, 0.717) is 12.1 Å². The first-order valence-corrected chi connectivity index (χ1v) is 3.91. The molecule has 1 atom stereocenters. The van der Waals surface area contributed by atoms with Crippen LogP contribution in [-0.4, -0.2) is 23.6 Å². The molecule has 1 unspecified atom stereocenters. The highest BCUT2D eigenvalue weighted by Gasteiger charge is 2.18. The maximum Gasteiger partial charge on any atom is 0.0919 e. The summed E-state index contributed by atoms with van der Waals surface area (Å²) in [6.07, 6.45) is 1.10. The second-order valence-corrected chi connectivity index (χ2v) is 2.98. The van der Waals surface area contributed by atoms with Crippen LogP contribution in [0.5, 0.6) is 0 Å². The van der Waals surface area contributed by atoms with Crippen LogP contribution in [-0.2, 0) is 0 Å². The van der Waals surface area contributed by atoms with Crippen LogP contribution in [0.3, 0.4) is 0 Å². The molecule has 1 rings (SSSR count). The average Bonchev–Trinajstić information content (AvgIpc) is 2.34. The zero-order chi connectivity index (χ0) is 7.56. The number of rotatable bonds is 2. The van der Waals surface area contributed by atoms with E-state index in [-0.39, 0.29) is 0 Å². The van der Waals surface area contributed by atoms with Crippen LogP contribution < -0.4 is 0 Å². The second-order valence-electron chi connectivity index (χ2n) is 2.98. The molecule has 1 aliphatic heterocycles. The number of nitrogens with zero attached hydrogens (tertiary/aromatic N) is 3. The molecule has 0 bridgehead atoms. The predicted octanol–water partition coefficient (Wildman–Crippen LogP) is 1.86. The van der Waals surface area contributed by atoms with Crippen molar-refractivity contribution < 1.29 is 0 Å². The molecule has 1 aliphatic rings. The maximum absolute atomic E-state index is 4.11. The molecule has 0 radical (unpaired) electrons. The van der Waals surface area contributed by atoms with Gasteiger partial charge >= 0.3 is 0 Å². The second kappa shape index (κ2) is 2.99. The monoisotopic (exact) mass is 141 g/mol. The van der Waals surface area contributed by atoms with Crippen molar-refractivity contribution in [2.24, 2.45) is 10.3 Å². The lowest BCUT2D eigenvalue weighted by Crippen LogP contribution is -2.26. The summed E-state index contributed by atoms with van der Waals surface area (Å²) in [5, 5.41) is 10.2. The van der Waals surface area contributed by atoms with E-state index in [1.807, 2.05) is 5.01 Å². The van der Waals surface area contributed by atoms with Gasteiger partial charge in [-0.05, 0) is 20.3 Å². The maximum atomic E-state index is 4.11. The summed E-state index contributed by atoms with van der Waals surface area (Å²) in [5.74, 6) is 0. The predicted molar refractivity (Wildman–Crippen MR) is 40.8 cm³/mol. The summed E-state index contributed by atoms with van der Waals surface area (Å²) >= 11 is 0. The van der Waals surface area contributed by atoms with Crippen LogP contribution in [0.25, 0.3) is 0 Å². The Morgan fingerprint density at radius 2 is 2.30 bits per heavy atom. The molecule has 0 spiro atoms. The van der Waals surface area contributed by atoms with Crippen molar-refractivity contribution in [1.82, 2.24) is 5.01 Å². The summed E-state index contributed by atoms with van der Waals surface area (Å²) in [6, 6.07) is 0.947. The Morgan fingerprint density at radius 1 is 1.60 bits per heavy atom. The van der Waals surface area contributed by atoms with Gasteiger partial charge in [-0.15, -0.1) is 0 Å². The first-order chi connectivity index (χ1) is 4.74. The minimum atomic E-state index is 0.447. The summed E-state index contributed by atoms with van der Waals surface area (Å²) in [6.45, 7) is 7.43. The lowest BCUT2D eigenvalue weighted by Gasteiger charge is -2.16. The SMILES string of the molecule is CCC1CN(C(C)C)N=N1. The lowest BCUT2D eigenvalue weighted by atomic mass is 10.2. The Bertz CT molecular complexity index is 131. The molecular formula is C7H15N3. The third kappa shape index (κ3) is 1.46. The van der Waals surface area contributed by atoms with Gasteiger partial charge in [0.15, 0.2) is 0 Å². The van der Waals surface area contributed by atoms with Crippen LogP contribution >= 0.6 is 0 Å². The zero-order valence-corrected chi connectivity index (χ0v) is 6.91. The quantitative estimate of drug-likeness (QED) is 0.576. The van der Waals surface area contributed by atoms with E-state index in [1.54, 1.807) is 0 Å². The number of hydrogen-bond acceptors (Lipinski definition) is 3. The Labute approximate surface area is 62.1 Å². The van der Waals surface area contributed by atoms with Gasteiger partial charge in [0.1, 0.15) is 0 Å². The standard InChI is InChI=1S/C7H15N3/c1-4-7-5-10(6(2)3)9-8-7/h6-7H,4-5H2,1-3H3. The minimum absolute atomic E-state index is 0.447. The van der Waals surface area contributed by atoms with E-state index in [0.717, 1.165) is 13.0 Å². The van der Waals surface area contributed by atoms with Gasteiger partial charge in [-0.25, -0.2) is 0 Å². The molecular weight excluding hydrogens is 126 g/mol. The first kappa shape index (κ1) is 7.51. The zero-order valence-electron chi connectivity index (χ0n) is 6.91. The highest BCUT2D eigenvalue weighted by molar-refractivity contribution is 4.73. The fourth-order valence-electron chi connectivity index (χ4n) is 0.953. The van der Waals surface area contributed by atoms with Gasteiger partial charge < -0.3 is 0 Å². The van der Waals surface area contributed by atoms with E-state index in [9.17, 15) is 0 Å². The van der Waals surface area contributed by atoms with Gasteiger partial charge in [-0.1, -0.05) is 12.1 Å². The highest BCUT2D eigenvalue weighted by atomic mass is 15.6. The molecule has 10 heavy (non-hydrogen) atoms. The first-order valence-electron chi connectivity index (χ1n) is 3.91. The van der Waals surface area contributed by atoms with Crippen molar-refractivity contribution in [2.75, 3.05) is 6.54 Å². The molecule has 1 heterocycles. The van der Waals surface area contributed by atoms with Crippen LogP contribution in [0.1, 0.15) is 27.2 Å². The Morgan fingerprint density at radius 3 is 2.60 bits per heavy atom. The molecule has 0 saturated carbocycles. The van der Waals surface area contributed by atoms with Crippen molar-refractivity contribution in [1.29, 1.82) is 0 Å². The fraction of sp³-hybridized carbons (Fsp3) is 1.00. The smallest absolute Gasteiger partial charge is 0.0919 e. The molecule has 0 N–H and O–H groups in total. The van der Waals surface area contributed by atoms with Crippen LogP contribution in [0.15, 0.2) is 10.3 Å². The van der Waals surface area contributed by atoms with Gasteiger partial charge in [0, 0.05) is 6.04 Å². The summed E-state index contributed by atoms with van der Waals surface area (Å²) in [7, 11) is 0. The van der Waals surface area contributed by atoms with E-state index in [2.05, 4.69) is 31.1 Å². The molecule has 0 fully saturated rings. The van der Waals surface area contributed by atoms with E-state index >= 15 is 0 Å². The molecule has 0 aromatic carbocycles. The van der Waals surface area contributed by atoms with Gasteiger partial charge in [-0.2, -0.15) is 5.11 Å². The molecule has 58 valence electrons. The highest BCUT2D eigenvalue weighted by Crippen LogP contribution is 2.13. The van der Waals surface area contributed by atoms with Crippen LogP contribution in [0.4, 0.5) is 0 Å². The van der Waals surface area contributed by atoms with Crippen molar-refractivity contribution in [3.05, 3.63) is 0 Å². The van der Waals surface area contributed by atoms with Crippen molar-refractivity contribution >= 4 is 0 Å². The molecule has 3 heteroatoms. The van der Waals surface area contributed by atoms with Crippen molar-refractivity contribution in [2.45, 2.75) is 39.3 Å². The van der Waals surface area contributed by atoms with Gasteiger partial charge in [0.25, 0.3) is 0 Å².